The van der Waals surface area contributed by atoms with Gasteiger partial charge in [-0.25, -0.2) is 4.79 Å². The monoisotopic (exact) mass is 468 g/mol. The molecule has 0 aromatic heterocycles. The van der Waals surface area contributed by atoms with Crippen LogP contribution in [0.3, 0.4) is 0 Å². The highest BCUT2D eigenvalue weighted by Crippen LogP contribution is 2.30. The Bertz CT molecular complexity index is 946. The molecule has 0 aliphatic rings. The number of alkyl halides is 2. The van der Waals surface area contributed by atoms with E-state index < -0.39 is 11.9 Å². The number of halogens is 2. The van der Waals surface area contributed by atoms with Crippen LogP contribution in [0.25, 0.3) is 0 Å². The summed E-state index contributed by atoms with van der Waals surface area (Å²) in [6, 6.07) is 25.6. The van der Waals surface area contributed by atoms with Crippen molar-refractivity contribution in [2.75, 3.05) is 19.8 Å². The number of carbonyl (C=O) groups is 1. The number of carbonyl (C=O) groups excluding carboxylic acids is 1. The van der Waals surface area contributed by atoms with Gasteiger partial charge in [0, 0.05) is 11.5 Å². The average Bonchev–Trinajstić information content (AvgIpc) is 2.86. The Morgan fingerprint density at radius 2 is 1.26 bits per heavy atom. The van der Waals surface area contributed by atoms with Crippen molar-refractivity contribution in [3.63, 3.8) is 0 Å². The summed E-state index contributed by atoms with van der Waals surface area (Å²) in [5.74, 6) is -5.18. The average molecular weight is 469 g/mol. The Morgan fingerprint density at radius 1 is 0.765 bits per heavy atom. The lowest BCUT2D eigenvalue weighted by Gasteiger charge is -2.19. The van der Waals surface area contributed by atoms with E-state index in [1.807, 2.05) is 60.7 Å². The Hall–Kier alpha value is -3.09. The summed E-state index contributed by atoms with van der Waals surface area (Å²) in [6.07, 6.45) is 0.592. The lowest BCUT2D eigenvalue weighted by Crippen LogP contribution is -2.28. The van der Waals surface area contributed by atoms with E-state index in [1.165, 1.54) is 19.1 Å². The summed E-state index contributed by atoms with van der Waals surface area (Å²) in [5, 5.41) is 0. The first kappa shape index (κ1) is 25.5. The Morgan fingerprint density at radius 3 is 1.74 bits per heavy atom. The van der Waals surface area contributed by atoms with Gasteiger partial charge in [0.2, 0.25) is 0 Å². The zero-order valence-electron chi connectivity index (χ0n) is 19.3. The summed E-state index contributed by atoms with van der Waals surface area (Å²) in [4.78, 5) is 11.6. The third-order valence-electron chi connectivity index (χ3n) is 5.30. The minimum atomic E-state index is -3.68. The highest BCUT2D eigenvalue weighted by molar-refractivity contribution is 5.79. The van der Waals surface area contributed by atoms with Crippen LogP contribution in [0, 0.1) is 5.92 Å². The molecule has 34 heavy (non-hydrogen) atoms. The lowest BCUT2D eigenvalue weighted by molar-refractivity contribution is -0.173. The van der Waals surface area contributed by atoms with Crippen LogP contribution in [-0.2, 0) is 44.6 Å². The van der Waals surface area contributed by atoms with Gasteiger partial charge in [-0.1, -0.05) is 84.9 Å². The van der Waals surface area contributed by atoms with Crippen molar-refractivity contribution in [1.82, 2.24) is 0 Å². The molecule has 0 saturated carbocycles. The SMILES string of the molecule is CCOC(=O)C(F)(F)c1ccc(CC(COCc2ccccc2)COCc2ccccc2)cc1. The fraction of sp³-hybridized carbons (Fsp3) is 0.321. The van der Waals surface area contributed by atoms with Crippen LogP contribution in [0.4, 0.5) is 8.78 Å². The van der Waals surface area contributed by atoms with E-state index in [9.17, 15) is 13.6 Å². The molecular weight excluding hydrogens is 438 g/mol. The number of rotatable bonds is 13. The third-order valence-corrected chi connectivity index (χ3v) is 5.30. The van der Waals surface area contributed by atoms with Crippen molar-refractivity contribution in [3.8, 4) is 0 Å². The first-order valence-corrected chi connectivity index (χ1v) is 11.4. The minimum absolute atomic E-state index is 0.0313. The maximum absolute atomic E-state index is 14.3. The molecule has 0 heterocycles. The van der Waals surface area contributed by atoms with Gasteiger partial charge in [0.25, 0.3) is 0 Å². The third kappa shape index (κ3) is 7.75. The van der Waals surface area contributed by atoms with E-state index in [1.54, 1.807) is 12.1 Å². The molecular formula is C28H30F2O4. The quantitative estimate of drug-likeness (QED) is 0.292. The van der Waals surface area contributed by atoms with Crippen LogP contribution in [0.2, 0.25) is 0 Å². The van der Waals surface area contributed by atoms with E-state index in [0.717, 1.165) is 16.7 Å². The molecule has 0 fully saturated rings. The van der Waals surface area contributed by atoms with E-state index >= 15 is 0 Å². The first-order chi connectivity index (χ1) is 16.5. The van der Waals surface area contributed by atoms with Gasteiger partial charge in [-0.15, -0.1) is 0 Å². The summed E-state index contributed by atoms with van der Waals surface area (Å²) >= 11 is 0. The van der Waals surface area contributed by atoms with Gasteiger partial charge >= 0.3 is 11.9 Å². The summed E-state index contributed by atoms with van der Waals surface area (Å²) in [7, 11) is 0. The Labute approximate surface area is 199 Å². The van der Waals surface area contributed by atoms with Gasteiger partial charge < -0.3 is 14.2 Å². The first-order valence-electron chi connectivity index (χ1n) is 11.4. The van der Waals surface area contributed by atoms with Gasteiger partial charge in [-0.05, 0) is 30.0 Å². The van der Waals surface area contributed by atoms with Crippen molar-refractivity contribution in [2.45, 2.75) is 32.5 Å². The molecule has 0 unspecified atom stereocenters. The molecule has 0 aliphatic heterocycles. The molecule has 180 valence electrons. The summed E-state index contributed by atoms with van der Waals surface area (Å²) in [5.41, 5.74) is 2.64. The number of ether oxygens (including phenoxy) is 3. The summed E-state index contributed by atoms with van der Waals surface area (Å²) in [6.45, 7) is 3.30. The Balaban J connectivity index is 1.61. The second-order valence-corrected chi connectivity index (χ2v) is 8.06. The standard InChI is InChI=1S/C28H30F2O4/c1-2-34-27(31)28(29,30)26-15-13-22(14-16-26)17-25(20-32-18-23-9-5-3-6-10-23)21-33-19-24-11-7-4-8-12-24/h3-16,25H,2,17-21H2,1H3. The molecule has 3 aromatic rings. The second-order valence-electron chi connectivity index (χ2n) is 8.06. The fourth-order valence-electron chi connectivity index (χ4n) is 3.52. The number of benzene rings is 3. The van der Waals surface area contributed by atoms with Crippen LogP contribution in [0.5, 0.6) is 0 Å². The van der Waals surface area contributed by atoms with Crippen LogP contribution >= 0.6 is 0 Å². The van der Waals surface area contributed by atoms with Gasteiger partial charge in [0.05, 0.1) is 33.0 Å². The van der Waals surface area contributed by atoms with Crippen LogP contribution in [-0.4, -0.2) is 25.8 Å². The van der Waals surface area contributed by atoms with Gasteiger partial charge in [0.1, 0.15) is 0 Å². The highest BCUT2D eigenvalue weighted by Gasteiger charge is 2.42. The van der Waals surface area contributed by atoms with E-state index in [2.05, 4.69) is 4.74 Å². The Kier molecular flexibility index (Phi) is 9.74. The van der Waals surface area contributed by atoms with Crippen molar-refractivity contribution in [1.29, 1.82) is 0 Å². The lowest BCUT2D eigenvalue weighted by atomic mass is 9.98. The van der Waals surface area contributed by atoms with E-state index in [0.29, 0.717) is 32.8 Å². The molecule has 0 aliphatic carbocycles. The van der Waals surface area contributed by atoms with E-state index in [-0.39, 0.29) is 18.1 Å². The van der Waals surface area contributed by atoms with Gasteiger partial charge in [0.15, 0.2) is 0 Å². The van der Waals surface area contributed by atoms with Crippen LogP contribution in [0.1, 0.15) is 29.2 Å². The fourth-order valence-corrected chi connectivity index (χ4v) is 3.52. The maximum atomic E-state index is 14.3. The molecule has 0 spiro atoms. The normalized spacial score (nSPS) is 11.5. The molecule has 3 aromatic carbocycles. The molecule has 6 heteroatoms. The molecule has 0 N–H and O–H groups in total. The second kappa shape index (κ2) is 13.0. The largest absolute Gasteiger partial charge is 0.461 e. The topological polar surface area (TPSA) is 44.8 Å². The van der Waals surface area contributed by atoms with Crippen molar-refractivity contribution >= 4 is 5.97 Å². The minimum Gasteiger partial charge on any atom is -0.461 e. The van der Waals surface area contributed by atoms with Gasteiger partial charge in [-0.2, -0.15) is 8.78 Å². The zero-order chi connectivity index (χ0) is 24.2. The van der Waals surface area contributed by atoms with Crippen LogP contribution < -0.4 is 0 Å². The predicted octanol–water partition coefficient (Wildman–Crippen LogP) is 5.93. The molecule has 0 atom stereocenters. The van der Waals surface area contributed by atoms with E-state index in [4.69, 9.17) is 9.47 Å². The van der Waals surface area contributed by atoms with Crippen LogP contribution in [0.15, 0.2) is 84.9 Å². The van der Waals surface area contributed by atoms with Gasteiger partial charge in [-0.3, -0.25) is 0 Å². The van der Waals surface area contributed by atoms with Crippen molar-refractivity contribution in [2.24, 2.45) is 5.92 Å². The molecule has 0 saturated heterocycles. The zero-order valence-corrected chi connectivity index (χ0v) is 19.3. The van der Waals surface area contributed by atoms with Crippen molar-refractivity contribution < 1.29 is 27.8 Å². The number of hydrogen-bond acceptors (Lipinski definition) is 4. The highest BCUT2D eigenvalue weighted by atomic mass is 19.3. The molecule has 0 amide bonds. The molecule has 4 nitrogen and oxygen atoms in total. The molecule has 0 bridgehead atoms. The van der Waals surface area contributed by atoms with Crippen molar-refractivity contribution in [3.05, 3.63) is 107 Å². The smallest absolute Gasteiger partial charge is 0.381 e. The number of hydrogen-bond donors (Lipinski definition) is 0. The number of esters is 1. The predicted molar refractivity (Wildman–Crippen MR) is 126 cm³/mol. The molecule has 0 radical (unpaired) electrons. The molecule has 3 rings (SSSR count). The maximum Gasteiger partial charge on any atom is 0.381 e. The summed E-state index contributed by atoms with van der Waals surface area (Å²) < 4.78 is 44.9.